The standard InChI is InChI=1S/C24H32N2O4/c1-6-19-10-12-21(13-11-19)30-16-23(27)26(18(4)24(28)25-17(2)3)15-20-8-7-9-22(14-20)29-5/h7-14,17-18H,6,15-16H2,1-5H3,(H,25,28)/t18-/m0/s1. The zero-order valence-electron chi connectivity index (χ0n) is 18.5. The van der Waals surface area contributed by atoms with Crippen LogP contribution in [0.4, 0.5) is 0 Å². The van der Waals surface area contributed by atoms with E-state index in [9.17, 15) is 9.59 Å². The average molecular weight is 413 g/mol. The molecule has 2 amide bonds. The van der Waals surface area contributed by atoms with Crippen LogP contribution in [0.2, 0.25) is 0 Å². The van der Waals surface area contributed by atoms with Gasteiger partial charge < -0.3 is 19.7 Å². The number of nitrogens with zero attached hydrogens (tertiary/aromatic N) is 1. The van der Waals surface area contributed by atoms with E-state index in [-0.39, 0.29) is 31.0 Å². The van der Waals surface area contributed by atoms with Crippen molar-refractivity contribution < 1.29 is 19.1 Å². The van der Waals surface area contributed by atoms with E-state index in [0.29, 0.717) is 11.5 Å². The summed E-state index contributed by atoms with van der Waals surface area (Å²) in [5, 5.41) is 2.87. The Bertz CT molecular complexity index is 833. The van der Waals surface area contributed by atoms with Gasteiger partial charge in [0, 0.05) is 12.6 Å². The molecule has 0 aromatic heterocycles. The van der Waals surface area contributed by atoms with E-state index in [2.05, 4.69) is 12.2 Å². The van der Waals surface area contributed by atoms with Crippen LogP contribution in [0, 0.1) is 0 Å². The monoisotopic (exact) mass is 412 g/mol. The quantitative estimate of drug-likeness (QED) is 0.648. The summed E-state index contributed by atoms with van der Waals surface area (Å²) in [6.45, 7) is 7.73. The van der Waals surface area contributed by atoms with Gasteiger partial charge in [-0.05, 0) is 62.6 Å². The van der Waals surface area contributed by atoms with Gasteiger partial charge in [0.1, 0.15) is 17.5 Å². The second kappa shape index (κ2) is 11.2. The number of hydrogen-bond donors (Lipinski definition) is 1. The highest BCUT2D eigenvalue weighted by Gasteiger charge is 2.27. The number of carbonyl (C=O) groups is 2. The van der Waals surface area contributed by atoms with Crippen LogP contribution in [-0.4, -0.2) is 42.5 Å². The predicted octanol–water partition coefficient (Wildman–Crippen LogP) is 3.58. The molecule has 0 fully saturated rings. The average Bonchev–Trinajstić information content (AvgIpc) is 2.75. The molecule has 0 aliphatic carbocycles. The minimum absolute atomic E-state index is 0.0120. The van der Waals surface area contributed by atoms with Crippen molar-refractivity contribution in [3.8, 4) is 11.5 Å². The van der Waals surface area contributed by atoms with Crippen molar-refractivity contribution in [3.05, 3.63) is 59.7 Å². The molecule has 1 atom stereocenters. The molecule has 0 radical (unpaired) electrons. The van der Waals surface area contributed by atoms with Crippen molar-refractivity contribution in [1.29, 1.82) is 0 Å². The summed E-state index contributed by atoms with van der Waals surface area (Å²) in [5.74, 6) is 0.866. The van der Waals surface area contributed by atoms with E-state index in [1.165, 1.54) is 10.5 Å². The van der Waals surface area contributed by atoms with Gasteiger partial charge in [0.2, 0.25) is 5.91 Å². The molecule has 0 aliphatic rings. The predicted molar refractivity (Wildman–Crippen MR) is 118 cm³/mol. The van der Waals surface area contributed by atoms with E-state index < -0.39 is 6.04 Å². The molecule has 0 spiro atoms. The number of rotatable bonds is 10. The lowest BCUT2D eigenvalue weighted by molar-refractivity contribution is -0.142. The maximum atomic E-state index is 13.0. The molecule has 6 nitrogen and oxygen atoms in total. The molecule has 2 aromatic carbocycles. The van der Waals surface area contributed by atoms with Gasteiger partial charge in [0.15, 0.2) is 6.61 Å². The molecule has 30 heavy (non-hydrogen) atoms. The molecule has 2 rings (SSSR count). The molecule has 0 bridgehead atoms. The normalized spacial score (nSPS) is 11.7. The number of aryl methyl sites for hydroxylation is 1. The molecule has 0 aliphatic heterocycles. The highest BCUT2D eigenvalue weighted by molar-refractivity contribution is 5.88. The summed E-state index contributed by atoms with van der Waals surface area (Å²) in [5.41, 5.74) is 2.08. The Morgan fingerprint density at radius 2 is 1.70 bits per heavy atom. The number of amides is 2. The Kier molecular flexibility index (Phi) is 8.71. The third-order valence-corrected chi connectivity index (χ3v) is 4.78. The molecule has 6 heteroatoms. The maximum absolute atomic E-state index is 13.0. The second-order valence-corrected chi connectivity index (χ2v) is 7.50. The number of hydrogen-bond acceptors (Lipinski definition) is 4. The summed E-state index contributed by atoms with van der Waals surface area (Å²) >= 11 is 0. The zero-order chi connectivity index (χ0) is 22.1. The van der Waals surface area contributed by atoms with Crippen LogP contribution in [0.25, 0.3) is 0 Å². The Labute approximate surface area is 179 Å². The summed E-state index contributed by atoms with van der Waals surface area (Å²) in [7, 11) is 1.60. The maximum Gasteiger partial charge on any atom is 0.261 e. The van der Waals surface area contributed by atoms with Gasteiger partial charge in [-0.15, -0.1) is 0 Å². The van der Waals surface area contributed by atoms with Crippen LogP contribution in [0.3, 0.4) is 0 Å². The molecule has 0 unspecified atom stereocenters. The van der Waals surface area contributed by atoms with Crippen LogP contribution >= 0.6 is 0 Å². The molecule has 0 saturated carbocycles. The van der Waals surface area contributed by atoms with Crippen molar-refractivity contribution in [2.45, 2.75) is 52.7 Å². The van der Waals surface area contributed by atoms with Gasteiger partial charge in [-0.25, -0.2) is 0 Å². The molecule has 2 aromatic rings. The first-order valence-corrected chi connectivity index (χ1v) is 10.3. The molecule has 0 saturated heterocycles. The van der Waals surface area contributed by atoms with Crippen LogP contribution in [-0.2, 0) is 22.6 Å². The Morgan fingerprint density at radius 1 is 1.00 bits per heavy atom. The summed E-state index contributed by atoms with van der Waals surface area (Å²) in [6.07, 6.45) is 0.940. The lowest BCUT2D eigenvalue weighted by Gasteiger charge is -2.29. The van der Waals surface area contributed by atoms with Crippen molar-refractivity contribution in [2.75, 3.05) is 13.7 Å². The van der Waals surface area contributed by atoms with E-state index in [1.54, 1.807) is 14.0 Å². The fourth-order valence-electron chi connectivity index (χ4n) is 3.00. The van der Waals surface area contributed by atoms with Gasteiger partial charge in [-0.1, -0.05) is 31.2 Å². The second-order valence-electron chi connectivity index (χ2n) is 7.50. The first-order chi connectivity index (χ1) is 14.3. The van der Waals surface area contributed by atoms with Gasteiger partial charge in [0.25, 0.3) is 5.91 Å². The third-order valence-electron chi connectivity index (χ3n) is 4.78. The lowest BCUT2D eigenvalue weighted by atomic mass is 10.1. The number of benzene rings is 2. The molecule has 1 N–H and O–H groups in total. The van der Waals surface area contributed by atoms with Crippen LogP contribution in [0.15, 0.2) is 48.5 Å². The SMILES string of the molecule is CCc1ccc(OCC(=O)N(Cc2cccc(OC)c2)[C@@H](C)C(=O)NC(C)C)cc1. The lowest BCUT2D eigenvalue weighted by Crippen LogP contribution is -2.50. The van der Waals surface area contributed by atoms with Crippen LogP contribution in [0.5, 0.6) is 11.5 Å². The summed E-state index contributed by atoms with van der Waals surface area (Å²) < 4.78 is 11.0. The topological polar surface area (TPSA) is 67.9 Å². The smallest absolute Gasteiger partial charge is 0.261 e. The van der Waals surface area contributed by atoms with Crippen molar-refractivity contribution in [3.63, 3.8) is 0 Å². The molecular weight excluding hydrogens is 380 g/mol. The highest BCUT2D eigenvalue weighted by atomic mass is 16.5. The van der Waals surface area contributed by atoms with E-state index in [4.69, 9.17) is 9.47 Å². The van der Waals surface area contributed by atoms with E-state index in [1.807, 2.05) is 62.4 Å². The van der Waals surface area contributed by atoms with Gasteiger partial charge >= 0.3 is 0 Å². The van der Waals surface area contributed by atoms with Gasteiger partial charge in [0.05, 0.1) is 7.11 Å². The number of nitrogens with one attached hydrogen (secondary N) is 1. The minimum atomic E-state index is -0.642. The molecular formula is C24H32N2O4. The number of carbonyl (C=O) groups excluding carboxylic acids is 2. The zero-order valence-corrected chi connectivity index (χ0v) is 18.5. The van der Waals surface area contributed by atoms with Crippen LogP contribution in [0.1, 0.15) is 38.8 Å². The largest absolute Gasteiger partial charge is 0.497 e. The molecule has 0 heterocycles. The third kappa shape index (κ3) is 6.79. The van der Waals surface area contributed by atoms with Crippen molar-refractivity contribution in [2.24, 2.45) is 0 Å². The Morgan fingerprint density at radius 3 is 2.30 bits per heavy atom. The van der Waals surface area contributed by atoms with Gasteiger partial charge in [-0.3, -0.25) is 9.59 Å². The van der Waals surface area contributed by atoms with Crippen LogP contribution < -0.4 is 14.8 Å². The fourth-order valence-corrected chi connectivity index (χ4v) is 3.00. The Balaban J connectivity index is 2.15. The Hall–Kier alpha value is -3.02. The number of methoxy groups -OCH3 is 1. The first kappa shape index (κ1) is 23.3. The fraction of sp³-hybridized carbons (Fsp3) is 0.417. The van der Waals surface area contributed by atoms with E-state index in [0.717, 1.165) is 12.0 Å². The van der Waals surface area contributed by atoms with Gasteiger partial charge in [-0.2, -0.15) is 0 Å². The number of ether oxygens (including phenoxy) is 2. The summed E-state index contributed by atoms with van der Waals surface area (Å²) in [4.78, 5) is 27.1. The highest BCUT2D eigenvalue weighted by Crippen LogP contribution is 2.17. The molecule has 162 valence electrons. The summed E-state index contributed by atoms with van der Waals surface area (Å²) in [6, 6.07) is 14.5. The van der Waals surface area contributed by atoms with Crippen molar-refractivity contribution in [1.82, 2.24) is 10.2 Å². The van der Waals surface area contributed by atoms with Crippen molar-refractivity contribution >= 4 is 11.8 Å². The minimum Gasteiger partial charge on any atom is -0.497 e. The first-order valence-electron chi connectivity index (χ1n) is 10.3. The van der Waals surface area contributed by atoms with E-state index >= 15 is 0 Å².